The molecule has 154 valence electrons. The van der Waals surface area contributed by atoms with E-state index in [4.69, 9.17) is 21.1 Å². The average Bonchev–Trinajstić information content (AvgIpc) is 2.55. The maximum atomic E-state index is 14.3. The molecule has 1 N–H and O–H groups in total. The molecule has 0 unspecified atom stereocenters. The number of halogens is 2. The van der Waals surface area contributed by atoms with Crippen molar-refractivity contribution >= 4 is 23.7 Å². The maximum Gasteiger partial charge on any atom is 0.410 e. The summed E-state index contributed by atoms with van der Waals surface area (Å²) in [4.78, 5) is 25.0. The van der Waals surface area contributed by atoms with Crippen LogP contribution in [0.3, 0.4) is 0 Å². The Bertz CT molecular complexity index is 951. The van der Waals surface area contributed by atoms with E-state index in [-0.39, 0.29) is 28.0 Å². The number of amides is 1. The van der Waals surface area contributed by atoms with Crippen molar-refractivity contribution in [3.63, 3.8) is 0 Å². The minimum absolute atomic E-state index is 0.0322. The molecule has 0 aliphatic carbocycles. The van der Waals surface area contributed by atoms with E-state index in [9.17, 15) is 19.1 Å². The van der Waals surface area contributed by atoms with Crippen molar-refractivity contribution in [1.82, 2.24) is 4.90 Å². The second kappa shape index (κ2) is 7.91. The third kappa shape index (κ3) is 5.17. The van der Waals surface area contributed by atoms with E-state index in [1.165, 1.54) is 29.2 Å². The topological polar surface area (TPSA) is 76.1 Å². The maximum absolute atomic E-state index is 14.3. The molecule has 2 aromatic carbocycles. The quantitative estimate of drug-likeness (QED) is 0.764. The van der Waals surface area contributed by atoms with Gasteiger partial charge in [0.25, 0.3) is 0 Å². The first-order valence-electron chi connectivity index (χ1n) is 9.00. The first kappa shape index (κ1) is 20.9. The van der Waals surface area contributed by atoms with Crippen molar-refractivity contribution < 1.29 is 28.6 Å². The molecule has 1 fully saturated rings. The van der Waals surface area contributed by atoms with Gasteiger partial charge in [-0.15, -0.1) is 0 Å². The molecule has 0 saturated carbocycles. The monoisotopic (exact) mass is 421 g/mol. The highest BCUT2D eigenvalue weighted by Gasteiger charge is 2.35. The SMILES string of the molecule is CC(C)(C)OC(=O)N1CC(Oc2cc(C(=O)O)cc(-c3ccc(Cl)cc3F)c2)C1. The lowest BCUT2D eigenvalue weighted by Gasteiger charge is -2.39. The predicted molar refractivity (Wildman–Crippen MR) is 106 cm³/mol. The molecule has 0 spiro atoms. The van der Waals surface area contributed by atoms with Gasteiger partial charge in [0.15, 0.2) is 0 Å². The highest BCUT2D eigenvalue weighted by atomic mass is 35.5. The molecule has 0 radical (unpaired) electrons. The van der Waals surface area contributed by atoms with Gasteiger partial charge in [0.2, 0.25) is 0 Å². The zero-order valence-corrected chi connectivity index (χ0v) is 17.0. The largest absolute Gasteiger partial charge is 0.487 e. The van der Waals surface area contributed by atoms with Gasteiger partial charge in [-0.05, 0) is 62.7 Å². The summed E-state index contributed by atoms with van der Waals surface area (Å²) in [5.74, 6) is -1.44. The number of benzene rings is 2. The fourth-order valence-corrected chi connectivity index (χ4v) is 3.01. The minimum atomic E-state index is -1.16. The molecule has 1 heterocycles. The van der Waals surface area contributed by atoms with Gasteiger partial charge in [0.05, 0.1) is 18.7 Å². The number of carbonyl (C=O) groups is 2. The third-order valence-corrected chi connectivity index (χ3v) is 4.43. The Morgan fingerprint density at radius 2 is 1.86 bits per heavy atom. The molecule has 1 aliphatic rings. The number of carboxylic acids is 1. The van der Waals surface area contributed by atoms with Crippen LogP contribution >= 0.6 is 11.6 Å². The molecule has 8 heteroatoms. The van der Waals surface area contributed by atoms with E-state index in [1.807, 2.05) is 0 Å². The molecule has 0 bridgehead atoms. The van der Waals surface area contributed by atoms with Crippen LogP contribution in [0.4, 0.5) is 9.18 Å². The van der Waals surface area contributed by atoms with Crippen molar-refractivity contribution in [2.24, 2.45) is 0 Å². The zero-order chi connectivity index (χ0) is 21.3. The van der Waals surface area contributed by atoms with Gasteiger partial charge in [-0.25, -0.2) is 14.0 Å². The first-order chi connectivity index (χ1) is 13.5. The summed E-state index contributed by atoms with van der Waals surface area (Å²) in [5, 5.41) is 9.63. The van der Waals surface area contributed by atoms with Crippen LogP contribution in [0.25, 0.3) is 11.1 Å². The number of ether oxygens (including phenoxy) is 2. The van der Waals surface area contributed by atoms with Gasteiger partial charge in [0, 0.05) is 10.6 Å². The molecule has 6 nitrogen and oxygen atoms in total. The Morgan fingerprint density at radius 1 is 1.17 bits per heavy atom. The van der Waals surface area contributed by atoms with E-state index < -0.39 is 23.5 Å². The number of likely N-dealkylation sites (tertiary alicyclic amines) is 1. The lowest BCUT2D eigenvalue weighted by Crippen LogP contribution is -2.57. The Hall–Kier alpha value is -2.80. The molecule has 29 heavy (non-hydrogen) atoms. The Kier molecular flexibility index (Phi) is 5.71. The standard InChI is InChI=1S/C21H21ClFNO5/c1-21(2,3)29-20(27)24-10-16(11-24)28-15-7-12(6-13(8-15)19(25)26)17-5-4-14(22)9-18(17)23/h4-9,16H,10-11H2,1-3H3,(H,25,26). The number of rotatable bonds is 4. The predicted octanol–water partition coefficient (Wildman–Crippen LogP) is 4.84. The van der Waals surface area contributed by atoms with Crippen molar-refractivity contribution in [1.29, 1.82) is 0 Å². The first-order valence-corrected chi connectivity index (χ1v) is 9.38. The van der Waals surface area contributed by atoms with Crippen LogP contribution < -0.4 is 4.74 Å². The Balaban J connectivity index is 1.76. The molecule has 0 atom stereocenters. The van der Waals surface area contributed by atoms with E-state index in [0.717, 1.165) is 6.07 Å². The zero-order valence-electron chi connectivity index (χ0n) is 16.2. The molecule has 1 amide bonds. The van der Waals surface area contributed by atoms with Crippen LogP contribution in [0.2, 0.25) is 5.02 Å². The Morgan fingerprint density at radius 3 is 2.45 bits per heavy atom. The summed E-state index contributed by atoms with van der Waals surface area (Å²) in [6.07, 6.45) is -0.741. The summed E-state index contributed by atoms with van der Waals surface area (Å²) >= 11 is 5.79. The van der Waals surface area contributed by atoms with Crippen molar-refractivity contribution in [3.05, 3.63) is 52.8 Å². The van der Waals surface area contributed by atoms with E-state index in [1.54, 1.807) is 26.8 Å². The van der Waals surface area contributed by atoms with Gasteiger partial charge in [0.1, 0.15) is 23.3 Å². The van der Waals surface area contributed by atoms with Crippen LogP contribution in [-0.4, -0.2) is 46.9 Å². The molecule has 2 aromatic rings. The average molecular weight is 422 g/mol. The van der Waals surface area contributed by atoms with Gasteiger partial charge in [-0.1, -0.05) is 11.6 Å². The van der Waals surface area contributed by atoms with Crippen LogP contribution in [-0.2, 0) is 4.74 Å². The summed E-state index contributed by atoms with van der Waals surface area (Å²) < 4.78 is 25.4. The summed E-state index contributed by atoms with van der Waals surface area (Å²) in [7, 11) is 0. The van der Waals surface area contributed by atoms with Crippen LogP contribution in [0.1, 0.15) is 31.1 Å². The minimum Gasteiger partial charge on any atom is -0.487 e. The molecule has 1 aliphatic heterocycles. The van der Waals surface area contributed by atoms with Crippen LogP contribution in [0, 0.1) is 5.82 Å². The van der Waals surface area contributed by atoms with Crippen LogP contribution in [0.5, 0.6) is 5.75 Å². The van der Waals surface area contributed by atoms with E-state index in [2.05, 4.69) is 0 Å². The lowest BCUT2D eigenvalue weighted by atomic mass is 10.0. The van der Waals surface area contributed by atoms with Crippen molar-refractivity contribution in [2.75, 3.05) is 13.1 Å². The normalized spacial score (nSPS) is 14.3. The molecule has 3 rings (SSSR count). The van der Waals surface area contributed by atoms with Gasteiger partial charge < -0.3 is 19.5 Å². The van der Waals surface area contributed by atoms with Crippen molar-refractivity contribution in [2.45, 2.75) is 32.5 Å². The number of nitrogens with zero attached hydrogens (tertiary/aromatic N) is 1. The fraction of sp³-hybridized carbons (Fsp3) is 0.333. The highest BCUT2D eigenvalue weighted by Crippen LogP contribution is 2.31. The highest BCUT2D eigenvalue weighted by molar-refractivity contribution is 6.30. The fourth-order valence-electron chi connectivity index (χ4n) is 2.85. The second-order valence-corrected chi connectivity index (χ2v) is 8.24. The van der Waals surface area contributed by atoms with E-state index >= 15 is 0 Å². The third-order valence-electron chi connectivity index (χ3n) is 4.20. The summed E-state index contributed by atoms with van der Waals surface area (Å²) in [5.41, 5.74) is -0.0463. The number of carbonyl (C=O) groups excluding carboxylic acids is 1. The second-order valence-electron chi connectivity index (χ2n) is 7.80. The smallest absolute Gasteiger partial charge is 0.410 e. The van der Waals surface area contributed by atoms with Gasteiger partial charge in [-0.3, -0.25) is 0 Å². The molecular formula is C21H21ClFNO5. The molecule has 1 saturated heterocycles. The lowest BCUT2D eigenvalue weighted by molar-refractivity contribution is -0.0221. The van der Waals surface area contributed by atoms with Crippen molar-refractivity contribution in [3.8, 4) is 16.9 Å². The molecular weight excluding hydrogens is 401 g/mol. The van der Waals surface area contributed by atoms with Crippen LogP contribution in [0.15, 0.2) is 36.4 Å². The summed E-state index contributed by atoms with van der Waals surface area (Å²) in [6.45, 7) is 5.99. The van der Waals surface area contributed by atoms with Gasteiger partial charge in [-0.2, -0.15) is 0 Å². The number of carboxylic acid groups (broad SMARTS) is 1. The molecule has 0 aromatic heterocycles. The summed E-state index contributed by atoms with van der Waals surface area (Å²) in [6, 6.07) is 8.48. The number of hydrogen-bond acceptors (Lipinski definition) is 4. The Labute approximate surface area is 172 Å². The number of hydrogen-bond donors (Lipinski definition) is 1. The van der Waals surface area contributed by atoms with E-state index in [0.29, 0.717) is 18.7 Å². The van der Waals surface area contributed by atoms with Gasteiger partial charge >= 0.3 is 12.1 Å². The number of aromatic carboxylic acids is 1.